The predicted octanol–water partition coefficient (Wildman–Crippen LogP) is 10.2. The van der Waals surface area contributed by atoms with Crippen LogP contribution in [0.25, 0.3) is 50.9 Å². The number of rotatable bonds is 15. The molecule has 0 aliphatic carbocycles. The van der Waals surface area contributed by atoms with Gasteiger partial charge in [-0.15, -0.1) is 12.4 Å². The first-order valence-electron chi connectivity index (χ1n) is 32.4. The first-order chi connectivity index (χ1) is 47.4. The summed E-state index contributed by atoms with van der Waals surface area (Å²) < 4.78 is 11.6. The maximum absolute atomic E-state index is 12.9. The fourth-order valence-electron chi connectivity index (χ4n) is 11.7. The number of nitrogens with one attached hydrogen (secondary N) is 5. The Bertz CT molecular complexity index is 4490. The molecule has 13 rings (SSSR count). The number of halogens is 1. The summed E-state index contributed by atoms with van der Waals surface area (Å²) >= 11 is 0. The van der Waals surface area contributed by atoms with Crippen molar-refractivity contribution in [3.8, 4) is 5.75 Å². The number of carbonyl (C=O) groups is 6. The summed E-state index contributed by atoms with van der Waals surface area (Å²) in [5.74, 6) is 1.90. The number of ether oxygens (including phenoxy) is 1. The predicted molar refractivity (Wildman–Crippen MR) is 393 cm³/mol. The Balaban J connectivity index is 0.000000173. The van der Waals surface area contributed by atoms with Crippen LogP contribution in [-0.4, -0.2) is 132 Å². The molecule has 6 amide bonds. The van der Waals surface area contributed by atoms with Gasteiger partial charge in [-0.25, -0.2) is 15.0 Å². The number of likely N-dealkylation sites (N-methyl/N-ethyl adjacent to an activating group) is 3. The minimum atomic E-state index is -0.107. The molecule has 0 radical (unpaired) electrons. The maximum Gasteiger partial charge on any atom is 0.246 e. The van der Waals surface area contributed by atoms with Gasteiger partial charge in [0, 0.05) is 156 Å². The molecular weight excluding hydrogens is 1270 g/mol. The summed E-state index contributed by atoms with van der Waals surface area (Å²) in [6.07, 6.45) is 14.9. The van der Waals surface area contributed by atoms with Gasteiger partial charge >= 0.3 is 0 Å². The summed E-state index contributed by atoms with van der Waals surface area (Å²) in [6, 6.07) is 44.5. The van der Waals surface area contributed by atoms with E-state index in [1.165, 1.54) is 0 Å². The van der Waals surface area contributed by atoms with Gasteiger partial charge in [0.25, 0.3) is 0 Å². The summed E-state index contributed by atoms with van der Waals surface area (Å²) in [6.45, 7) is 8.62. The molecule has 512 valence electrons. The largest absolute Gasteiger partial charge is 0.497 e. The molecule has 10 aromatic rings. The van der Waals surface area contributed by atoms with Crippen molar-refractivity contribution >= 4 is 116 Å². The minimum absolute atomic E-state index is 0. The number of methoxy groups -OCH3 is 1. The number of pyridine rings is 3. The van der Waals surface area contributed by atoms with Crippen LogP contribution in [0.2, 0.25) is 0 Å². The Hall–Kier alpha value is -11.0. The molecule has 99 heavy (non-hydrogen) atoms. The van der Waals surface area contributed by atoms with Crippen LogP contribution in [0.5, 0.6) is 5.75 Å². The van der Waals surface area contributed by atoms with Crippen molar-refractivity contribution in [3.05, 3.63) is 226 Å². The topological polar surface area (TPSA) is 238 Å². The second-order valence-corrected chi connectivity index (χ2v) is 24.0. The third-order valence-corrected chi connectivity index (χ3v) is 17.0. The van der Waals surface area contributed by atoms with Gasteiger partial charge in [-0.2, -0.15) is 0 Å². The van der Waals surface area contributed by atoms with Crippen molar-refractivity contribution in [2.45, 2.75) is 59.7 Å². The molecule has 23 heteroatoms. The number of hydrogen-bond acceptors (Lipinski definition) is 13. The smallest absolute Gasteiger partial charge is 0.246 e. The van der Waals surface area contributed by atoms with Crippen LogP contribution in [0.3, 0.4) is 0 Å². The Morgan fingerprint density at radius 1 is 0.475 bits per heavy atom. The third kappa shape index (κ3) is 18.5. The zero-order valence-corrected chi connectivity index (χ0v) is 58.0. The molecule has 6 aromatic heterocycles. The average Bonchev–Trinajstić information content (AvgIpc) is 1.70. The van der Waals surface area contributed by atoms with Gasteiger partial charge in [-0.05, 0) is 123 Å². The Morgan fingerprint density at radius 3 is 1.20 bits per heavy atom. The number of amides is 6. The maximum atomic E-state index is 12.9. The molecule has 0 fully saturated rings. The van der Waals surface area contributed by atoms with Gasteiger partial charge in [0.1, 0.15) is 23.2 Å². The lowest BCUT2D eigenvalue weighted by Crippen LogP contribution is -2.29. The molecular formula is C76H84ClN15O7. The number of carbonyl (C=O) groups excluding carboxylic acids is 6. The van der Waals surface area contributed by atoms with E-state index in [2.05, 4.69) is 115 Å². The summed E-state index contributed by atoms with van der Waals surface area (Å²) in [4.78, 5) is 93.8. The molecule has 0 spiro atoms. The van der Waals surface area contributed by atoms with E-state index in [0.717, 1.165) is 94.5 Å². The van der Waals surface area contributed by atoms with E-state index in [1.807, 2.05) is 114 Å². The molecule has 22 nitrogen and oxygen atoms in total. The molecule has 0 saturated carbocycles. The van der Waals surface area contributed by atoms with Gasteiger partial charge in [-0.3, -0.25) is 33.7 Å². The zero-order valence-electron chi connectivity index (χ0n) is 57.2. The molecule has 4 aromatic carbocycles. The molecule has 3 aliphatic heterocycles. The average molecular weight is 1360 g/mol. The lowest BCUT2D eigenvalue weighted by atomic mass is 10.1. The number of para-hydroxylation sites is 3. The van der Waals surface area contributed by atoms with Gasteiger partial charge in [0.05, 0.1) is 46.4 Å². The van der Waals surface area contributed by atoms with E-state index >= 15 is 0 Å². The van der Waals surface area contributed by atoms with Crippen LogP contribution < -0.4 is 31.3 Å². The van der Waals surface area contributed by atoms with Crippen molar-refractivity contribution in [2.75, 3.05) is 63.8 Å². The van der Waals surface area contributed by atoms with Gasteiger partial charge in [0.15, 0.2) is 0 Å². The van der Waals surface area contributed by atoms with Crippen LogP contribution in [0.4, 0.5) is 17.5 Å². The highest BCUT2D eigenvalue weighted by molar-refractivity contribution is 5.96. The molecule has 0 bridgehead atoms. The van der Waals surface area contributed by atoms with Crippen LogP contribution >= 0.6 is 12.4 Å². The Labute approximate surface area is 582 Å². The van der Waals surface area contributed by atoms with Crippen molar-refractivity contribution in [3.63, 3.8) is 0 Å². The standard InChI is InChI=1S/C30H31N5O3.2C22H23N5O2.C2H6.ClH/c1-33(19-25-15-23-6-4-5-7-27(23)34(25)2)29(37)13-10-22-14-24-18-35(20-28(36)32-30(24)31-16-22)17-21-8-11-26(38-3)12-9-21;2*1-26(14-18-10-16-5-3-4-6-19(16)27(18)2)21(29)8-7-15-9-17-12-23-13-20(28)25-22(17)24-11-15;1-2;/h4-16H,17-20H2,1-3H3,(H,31,32,36);2*3-11,23H,12-14H2,1-2H3,(H,24,25,28);1-2H3;1H/b13-10+;2*8-7+;;. The van der Waals surface area contributed by atoms with E-state index in [0.29, 0.717) is 63.3 Å². The molecule has 3 aliphatic rings. The third-order valence-electron chi connectivity index (χ3n) is 17.0. The van der Waals surface area contributed by atoms with E-state index in [1.54, 1.807) is 98.0 Å². The second kappa shape index (κ2) is 33.8. The minimum Gasteiger partial charge on any atom is -0.497 e. The number of hydrogen-bond donors (Lipinski definition) is 5. The molecule has 0 atom stereocenters. The molecule has 0 unspecified atom stereocenters. The van der Waals surface area contributed by atoms with Gasteiger partial charge < -0.3 is 59.7 Å². The SMILES string of the molecule is CC.CN(Cc1cc2ccccc2n1C)C(=O)/C=C/c1cnc2c(c1)CNCC(=O)N2.CN(Cc1cc2ccccc2n1C)C(=O)/C=C/c1cnc2c(c1)CNCC(=O)N2.COc1ccc(CN2CC(=O)Nc3ncc(/C=C/C(=O)N(C)Cc4cc5ccccc5n4C)cc3C2)cc1.Cl. The van der Waals surface area contributed by atoms with Crippen LogP contribution in [0, 0.1) is 0 Å². The highest BCUT2D eigenvalue weighted by Crippen LogP contribution is 2.26. The highest BCUT2D eigenvalue weighted by Gasteiger charge is 2.22. The van der Waals surface area contributed by atoms with Crippen LogP contribution in [-0.2, 0) is 95.7 Å². The zero-order chi connectivity index (χ0) is 69.4. The van der Waals surface area contributed by atoms with Crippen LogP contribution in [0.15, 0.2) is 170 Å². The molecule has 5 N–H and O–H groups in total. The highest BCUT2D eigenvalue weighted by atomic mass is 35.5. The fourth-order valence-corrected chi connectivity index (χ4v) is 11.7. The normalized spacial score (nSPS) is 13.5. The summed E-state index contributed by atoms with van der Waals surface area (Å²) in [5.41, 5.74) is 12.9. The van der Waals surface area contributed by atoms with Crippen molar-refractivity contribution < 1.29 is 33.5 Å². The number of aryl methyl sites for hydroxylation is 3. The summed E-state index contributed by atoms with van der Waals surface area (Å²) in [5, 5.41) is 18.0. The van der Waals surface area contributed by atoms with Crippen molar-refractivity contribution in [2.24, 2.45) is 21.1 Å². The van der Waals surface area contributed by atoms with Gasteiger partial charge in [-0.1, -0.05) is 80.6 Å². The molecule has 0 saturated heterocycles. The van der Waals surface area contributed by atoms with Crippen molar-refractivity contribution in [1.82, 2.24) is 58.9 Å². The first-order valence-corrected chi connectivity index (χ1v) is 32.4. The lowest BCUT2D eigenvalue weighted by molar-refractivity contribution is -0.126. The number of aromatic nitrogens is 6. The number of benzene rings is 4. The number of anilines is 3. The lowest BCUT2D eigenvalue weighted by Gasteiger charge is -2.19. The monoisotopic (exact) mass is 1350 g/mol. The Kier molecular flexibility index (Phi) is 24.6. The van der Waals surface area contributed by atoms with E-state index in [-0.39, 0.29) is 67.5 Å². The number of nitrogens with zero attached hydrogens (tertiary/aromatic N) is 10. The van der Waals surface area contributed by atoms with Gasteiger partial charge in [0.2, 0.25) is 35.4 Å². The summed E-state index contributed by atoms with van der Waals surface area (Å²) in [7, 11) is 13.1. The van der Waals surface area contributed by atoms with E-state index in [9.17, 15) is 28.8 Å². The Morgan fingerprint density at radius 2 is 0.828 bits per heavy atom. The second-order valence-electron chi connectivity index (χ2n) is 24.0. The van der Waals surface area contributed by atoms with E-state index < -0.39 is 0 Å². The van der Waals surface area contributed by atoms with E-state index in [4.69, 9.17) is 4.74 Å². The van der Waals surface area contributed by atoms with Crippen LogP contribution in [0.1, 0.15) is 69.9 Å². The number of fused-ring (bicyclic) bond motifs is 6. The van der Waals surface area contributed by atoms with Crippen molar-refractivity contribution in [1.29, 1.82) is 0 Å². The fraction of sp³-hybridized carbons (Fsp3) is 0.250. The first kappa shape index (κ1) is 72.2. The molecule has 9 heterocycles. The quantitative estimate of drug-likeness (QED) is 0.0601.